The number of rotatable bonds is 6. The van der Waals surface area contributed by atoms with Gasteiger partial charge in [-0.25, -0.2) is 0 Å². The Morgan fingerprint density at radius 2 is 0.841 bits per heavy atom. The van der Waals surface area contributed by atoms with Gasteiger partial charge < -0.3 is 0 Å². The molecule has 5 heteroatoms. The van der Waals surface area contributed by atoms with Crippen LogP contribution in [0.15, 0.2) is 231 Å². The van der Waals surface area contributed by atoms with Crippen molar-refractivity contribution in [3.63, 3.8) is 0 Å². The van der Waals surface area contributed by atoms with Gasteiger partial charge in [0, 0.05) is 5.69 Å². The maximum atomic E-state index is 5.84. The van der Waals surface area contributed by atoms with E-state index >= 15 is 0 Å². The fraction of sp³-hybridized carbons (Fsp3) is 0. The molecule has 0 spiro atoms. The first kappa shape index (κ1) is 35.9. The van der Waals surface area contributed by atoms with Gasteiger partial charge in [0.05, 0.1) is 0 Å². The zero-order valence-corrected chi connectivity index (χ0v) is 36.3. The molecule has 0 atom stereocenters. The first-order valence-electron chi connectivity index (χ1n) is 21.6. The third-order valence-electron chi connectivity index (χ3n) is 13.2. The third-order valence-corrected chi connectivity index (χ3v) is 23.1. The Morgan fingerprint density at radius 3 is 1.48 bits per heavy atom. The molecule has 0 aliphatic carbocycles. The molecule has 9 aromatic carbocycles. The predicted molar refractivity (Wildman–Crippen MR) is 264 cm³/mol. The molecule has 0 saturated carbocycles. The van der Waals surface area contributed by atoms with Crippen molar-refractivity contribution in [2.75, 3.05) is 0 Å². The quantitative estimate of drug-likeness (QED) is 0.156. The Balaban J connectivity index is 1.08. The first-order chi connectivity index (χ1) is 31.3. The van der Waals surface area contributed by atoms with Crippen LogP contribution in [-0.4, -0.2) is 32.4 Å². The minimum absolute atomic E-state index is 0.734. The summed E-state index contributed by atoms with van der Waals surface area (Å²) in [7, 11) is 0. The average Bonchev–Trinajstić information content (AvgIpc) is 3.98. The summed E-state index contributed by atoms with van der Waals surface area (Å²) in [4.78, 5) is 11.4. The molecule has 13 rings (SSSR count). The van der Waals surface area contributed by atoms with E-state index in [1.807, 2.05) is 0 Å². The van der Waals surface area contributed by atoms with Crippen molar-refractivity contribution >= 4 is 74.6 Å². The summed E-state index contributed by atoms with van der Waals surface area (Å²) in [5, 5.41) is 4.88. The van der Waals surface area contributed by atoms with E-state index in [2.05, 4.69) is 240 Å². The van der Waals surface area contributed by atoms with Gasteiger partial charge in [-0.2, -0.15) is 0 Å². The zero-order valence-electron chi connectivity index (χ0n) is 34.2. The number of nitrogens with zero attached hydrogens (tertiary/aromatic N) is 4. The third kappa shape index (κ3) is 5.28. The maximum absolute atomic E-state index is 5.84. The molecule has 0 fully saturated rings. The van der Waals surface area contributed by atoms with Gasteiger partial charge in [0.2, 0.25) is 0 Å². The topological polar surface area (TPSA) is 35.6 Å². The molecule has 12 aromatic rings. The van der Waals surface area contributed by atoms with E-state index in [1.54, 1.807) is 0 Å². The molecule has 0 bridgehead atoms. The summed E-state index contributed by atoms with van der Waals surface area (Å²) in [5.41, 5.74) is 12.4. The molecule has 63 heavy (non-hydrogen) atoms. The second kappa shape index (κ2) is 14.1. The number of hydrogen-bond donors (Lipinski definition) is 0. The van der Waals surface area contributed by atoms with Crippen molar-refractivity contribution in [3.8, 4) is 45.1 Å². The van der Waals surface area contributed by atoms with Gasteiger partial charge in [-0.05, 0) is 18.2 Å². The second-order valence-corrected chi connectivity index (χ2v) is 24.2. The Bertz CT molecular complexity index is 3690. The molecule has 1 aliphatic heterocycles. The molecule has 0 unspecified atom stereocenters. The summed E-state index contributed by atoms with van der Waals surface area (Å²) >= 11 is -3.71. The summed E-state index contributed by atoms with van der Waals surface area (Å²) in [6.07, 6.45) is 0. The molecule has 0 amide bonds. The van der Waals surface area contributed by atoms with Crippen LogP contribution in [0.3, 0.4) is 0 Å². The summed E-state index contributed by atoms with van der Waals surface area (Å²) in [6, 6.07) is 84.0. The molecular weight excluding hydrogens is 825 g/mol. The Kier molecular flexibility index (Phi) is 8.05. The summed E-state index contributed by atoms with van der Waals surface area (Å²) in [5.74, 6) is 0.734. The van der Waals surface area contributed by atoms with Crippen LogP contribution in [0.25, 0.3) is 88.8 Å². The SMILES string of the molecule is c1ccc(-c2nc(-c3cccc(-n4c5ccccc5c5cc6c(cc54)c4ccccc4n6-c4ccccc4)c3)n[c]3c2-c2cccc[c]2[Ge]3([c]2ccccc2)[c]2ccccc2)cc1. The van der Waals surface area contributed by atoms with Crippen LogP contribution >= 0.6 is 0 Å². The molecule has 1 aliphatic rings. The molecule has 0 radical (unpaired) electrons. The van der Waals surface area contributed by atoms with E-state index in [1.165, 1.54) is 55.9 Å². The van der Waals surface area contributed by atoms with E-state index in [-0.39, 0.29) is 0 Å². The van der Waals surface area contributed by atoms with Crippen LogP contribution in [0.5, 0.6) is 0 Å². The zero-order chi connectivity index (χ0) is 41.5. The van der Waals surface area contributed by atoms with Gasteiger partial charge in [0.15, 0.2) is 0 Å². The fourth-order valence-electron chi connectivity index (χ4n) is 10.6. The van der Waals surface area contributed by atoms with Crippen LogP contribution in [0.1, 0.15) is 0 Å². The van der Waals surface area contributed by atoms with Crippen LogP contribution in [-0.2, 0) is 0 Å². The van der Waals surface area contributed by atoms with Crippen molar-refractivity contribution in [2.45, 2.75) is 0 Å². The van der Waals surface area contributed by atoms with Crippen LogP contribution in [0, 0.1) is 0 Å². The molecular formula is C58H38GeN4. The van der Waals surface area contributed by atoms with Crippen molar-refractivity contribution in [1.29, 1.82) is 0 Å². The number of para-hydroxylation sites is 3. The molecule has 0 N–H and O–H groups in total. The van der Waals surface area contributed by atoms with Gasteiger partial charge in [-0.15, -0.1) is 0 Å². The van der Waals surface area contributed by atoms with Gasteiger partial charge in [0.1, 0.15) is 0 Å². The molecule has 3 aromatic heterocycles. The fourth-order valence-corrected chi connectivity index (χ4v) is 21.0. The van der Waals surface area contributed by atoms with Gasteiger partial charge in [-0.3, -0.25) is 0 Å². The summed E-state index contributed by atoms with van der Waals surface area (Å²) in [6.45, 7) is 0. The van der Waals surface area contributed by atoms with Gasteiger partial charge >= 0.3 is 315 Å². The van der Waals surface area contributed by atoms with Gasteiger partial charge in [0.25, 0.3) is 0 Å². The van der Waals surface area contributed by atoms with Crippen LogP contribution in [0.4, 0.5) is 0 Å². The predicted octanol–water partition coefficient (Wildman–Crippen LogP) is 11.4. The summed E-state index contributed by atoms with van der Waals surface area (Å²) < 4.78 is 10.1. The average molecular weight is 864 g/mol. The van der Waals surface area contributed by atoms with Crippen molar-refractivity contribution < 1.29 is 0 Å². The number of benzene rings is 9. The normalized spacial score (nSPS) is 12.9. The van der Waals surface area contributed by atoms with E-state index in [0.29, 0.717) is 0 Å². The minimum atomic E-state index is -3.71. The molecule has 4 nitrogen and oxygen atoms in total. The van der Waals surface area contributed by atoms with Crippen LogP contribution < -0.4 is 17.7 Å². The van der Waals surface area contributed by atoms with Crippen molar-refractivity contribution in [1.82, 2.24) is 19.1 Å². The van der Waals surface area contributed by atoms with E-state index in [9.17, 15) is 0 Å². The second-order valence-electron chi connectivity index (χ2n) is 16.5. The monoisotopic (exact) mass is 864 g/mol. The van der Waals surface area contributed by atoms with Crippen molar-refractivity contribution in [2.24, 2.45) is 0 Å². The van der Waals surface area contributed by atoms with Gasteiger partial charge in [-0.1, -0.05) is 30.3 Å². The standard InChI is InChI=1S/C58H38GeN4/c1-5-20-39(21-6-1)56-55-47-32-13-16-33-50(47)59(41-23-7-2-8-24-41,42-25-9-3-10-26-42)57(55)61-58(60-56)40-22-19-29-44(36-40)63-52-35-18-15-31-46(52)49-37-53-48(38-54(49)63)45-30-14-17-34-51(45)62(53)43-27-11-4-12-28-43/h1-38H. The van der Waals surface area contributed by atoms with Crippen LogP contribution in [0.2, 0.25) is 0 Å². The Morgan fingerprint density at radius 1 is 0.349 bits per heavy atom. The van der Waals surface area contributed by atoms with E-state index in [0.717, 1.165) is 50.6 Å². The molecule has 294 valence electrons. The molecule has 4 heterocycles. The number of aromatic nitrogens is 4. The first-order valence-corrected chi connectivity index (χ1v) is 25.8. The Labute approximate surface area is 367 Å². The number of hydrogen-bond acceptors (Lipinski definition) is 2. The van der Waals surface area contributed by atoms with E-state index in [4.69, 9.17) is 9.97 Å². The Hall–Kier alpha value is -7.80. The number of fused-ring (bicyclic) bond motifs is 9. The van der Waals surface area contributed by atoms with E-state index < -0.39 is 13.3 Å². The molecule has 0 saturated heterocycles. The van der Waals surface area contributed by atoms with Crippen molar-refractivity contribution in [3.05, 3.63) is 231 Å².